The summed E-state index contributed by atoms with van der Waals surface area (Å²) >= 11 is 0. The van der Waals surface area contributed by atoms with Crippen LogP contribution >= 0.6 is 0 Å². The molecular weight excluding hydrogens is 188 g/mol. The van der Waals surface area contributed by atoms with Crippen LogP contribution in [0.5, 0.6) is 11.5 Å². The van der Waals surface area contributed by atoms with E-state index in [2.05, 4.69) is 0 Å². The van der Waals surface area contributed by atoms with Gasteiger partial charge in [0.15, 0.2) is 0 Å². The Balaban J connectivity index is 0.000000531. The number of hydrogen-bond acceptors (Lipinski definition) is 2. The first kappa shape index (κ1) is 11.0. The smallest absolute Gasteiger partial charge is 0.127 e. The van der Waals surface area contributed by atoms with Crippen molar-refractivity contribution in [3.05, 3.63) is 60.7 Å². The highest BCUT2D eigenvalue weighted by molar-refractivity contribution is 5.30. The molecule has 0 fully saturated rings. The van der Waals surface area contributed by atoms with E-state index < -0.39 is 0 Å². The van der Waals surface area contributed by atoms with Crippen molar-refractivity contribution in [1.29, 1.82) is 0 Å². The Morgan fingerprint density at radius 2 is 1.00 bits per heavy atom. The van der Waals surface area contributed by atoms with Gasteiger partial charge in [-0.3, -0.25) is 0 Å². The van der Waals surface area contributed by atoms with Gasteiger partial charge in [-0.25, -0.2) is 0 Å². The van der Waals surface area contributed by atoms with Crippen molar-refractivity contribution in [2.45, 2.75) is 0 Å². The van der Waals surface area contributed by atoms with E-state index in [1.54, 1.807) is 0 Å². The highest BCUT2D eigenvalue weighted by Crippen LogP contribution is 2.19. The second-order valence-corrected chi connectivity index (χ2v) is 2.73. The zero-order valence-electron chi connectivity index (χ0n) is 8.30. The molecule has 0 saturated heterocycles. The average molecular weight is 200 g/mol. The molecule has 15 heavy (non-hydrogen) atoms. The van der Waals surface area contributed by atoms with Gasteiger partial charge >= 0.3 is 0 Å². The summed E-state index contributed by atoms with van der Waals surface area (Å²) in [6.45, 7) is 2.00. The van der Waals surface area contributed by atoms with Gasteiger partial charge in [0.1, 0.15) is 18.3 Å². The van der Waals surface area contributed by atoms with Gasteiger partial charge in [-0.05, 0) is 24.3 Å². The van der Waals surface area contributed by atoms with E-state index in [4.69, 9.17) is 9.53 Å². The summed E-state index contributed by atoms with van der Waals surface area (Å²) in [6.07, 6.45) is 0. The molecule has 0 aliphatic heterocycles. The minimum Gasteiger partial charge on any atom is -0.457 e. The van der Waals surface area contributed by atoms with Crippen LogP contribution < -0.4 is 4.74 Å². The lowest BCUT2D eigenvalue weighted by Crippen LogP contribution is -1.81. The number of carbonyl (C=O) groups is 1. The Labute approximate surface area is 89.1 Å². The molecule has 0 radical (unpaired) electrons. The Bertz CT molecular complexity index is 333. The summed E-state index contributed by atoms with van der Waals surface area (Å²) in [7, 11) is 0. The Kier molecular flexibility index (Phi) is 4.67. The van der Waals surface area contributed by atoms with Gasteiger partial charge in [-0.1, -0.05) is 36.4 Å². The molecule has 2 aromatic rings. The lowest BCUT2D eigenvalue weighted by molar-refractivity contribution is -0.0979. The molecule has 0 N–H and O–H groups in total. The van der Waals surface area contributed by atoms with Crippen LogP contribution in [0.25, 0.3) is 0 Å². The van der Waals surface area contributed by atoms with Crippen LogP contribution in [0.15, 0.2) is 60.7 Å². The Morgan fingerprint density at radius 3 is 1.33 bits per heavy atom. The predicted octanol–water partition coefficient (Wildman–Crippen LogP) is 3.29. The fourth-order valence-corrected chi connectivity index (χ4v) is 1.11. The third kappa shape index (κ3) is 3.65. The van der Waals surface area contributed by atoms with Crippen LogP contribution in [0.3, 0.4) is 0 Å². The van der Waals surface area contributed by atoms with Crippen molar-refractivity contribution in [3.63, 3.8) is 0 Å². The molecule has 0 unspecified atom stereocenters. The van der Waals surface area contributed by atoms with Crippen molar-refractivity contribution >= 4 is 6.79 Å². The zero-order valence-corrected chi connectivity index (χ0v) is 8.30. The van der Waals surface area contributed by atoms with Crippen LogP contribution in [0.4, 0.5) is 0 Å². The lowest BCUT2D eigenvalue weighted by atomic mass is 10.3. The van der Waals surface area contributed by atoms with Gasteiger partial charge in [-0.2, -0.15) is 0 Å². The first-order chi connectivity index (χ1) is 7.45. The van der Waals surface area contributed by atoms with E-state index >= 15 is 0 Å². The molecule has 0 saturated carbocycles. The molecule has 2 aromatic carbocycles. The standard InChI is InChI=1S/C12H10O.CH2O/c1-3-7-11(8-4-1)13-12-9-5-2-6-10-12;1-2/h1-10H;1H2. The lowest BCUT2D eigenvalue weighted by Gasteiger charge is -2.03. The number of rotatable bonds is 2. The monoisotopic (exact) mass is 200 g/mol. The SMILES string of the molecule is C=O.c1ccc(Oc2ccccc2)cc1. The molecule has 0 bridgehead atoms. The topological polar surface area (TPSA) is 26.3 Å². The second-order valence-electron chi connectivity index (χ2n) is 2.73. The summed E-state index contributed by atoms with van der Waals surface area (Å²) in [5.74, 6) is 1.74. The first-order valence-electron chi connectivity index (χ1n) is 4.52. The maximum atomic E-state index is 8.00. The van der Waals surface area contributed by atoms with E-state index in [9.17, 15) is 0 Å². The van der Waals surface area contributed by atoms with E-state index in [0.29, 0.717) is 0 Å². The van der Waals surface area contributed by atoms with Gasteiger partial charge in [0, 0.05) is 0 Å². The molecule has 0 heterocycles. The minimum absolute atomic E-state index is 0.869. The number of carbonyl (C=O) groups excluding carboxylic acids is 1. The Hall–Kier alpha value is -2.09. The van der Waals surface area contributed by atoms with Gasteiger partial charge in [0.05, 0.1) is 0 Å². The molecule has 0 aliphatic rings. The molecule has 0 amide bonds. The van der Waals surface area contributed by atoms with Crippen LogP contribution in [-0.2, 0) is 4.79 Å². The van der Waals surface area contributed by atoms with Crippen LogP contribution in [0, 0.1) is 0 Å². The van der Waals surface area contributed by atoms with Crippen molar-refractivity contribution < 1.29 is 9.53 Å². The fraction of sp³-hybridized carbons (Fsp3) is 0. The third-order valence-corrected chi connectivity index (χ3v) is 1.72. The third-order valence-electron chi connectivity index (χ3n) is 1.72. The van der Waals surface area contributed by atoms with Crippen LogP contribution in [-0.4, -0.2) is 6.79 Å². The minimum atomic E-state index is 0.869. The highest BCUT2D eigenvalue weighted by atomic mass is 16.5. The van der Waals surface area contributed by atoms with Gasteiger partial charge in [0.2, 0.25) is 0 Å². The molecule has 76 valence electrons. The van der Waals surface area contributed by atoms with Gasteiger partial charge in [0.25, 0.3) is 0 Å². The molecule has 0 atom stereocenters. The van der Waals surface area contributed by atoms with Gasteiger partial charge < -0.3 is 9.53 Å². The number of hydrogen-bond donors (Lipinski definition) is 0. The summed E-state index contributed by atoms with van der Waals surface area (Å²) in [5, 5.41) is 0. The molecular formula is C13H12O2. The predicted molar refractivity (Wildman–Crippen MR) is 60.1 cm³/mol. The summed E-state index contributed by atoms with van der Waals surface area (Å²) in [4.78, 5) is 8.00. The van der Waals surface area contributed by atoms with Crippen molar-refractivity contribution in [3.8, 4) is 11.5 Å². The van der Waals surface area contributed by atoms with E-state index in [1.807, 2.05) is 67.5 Å². The largest absolute Gasteiger partial charge is 0.457 e. The fourth-order valence-electron chi connectivity index (χ4n) is 1.11. The average Bonchev–Trinajstić information content (AvgIpc) is 2.34. The number of benzene rings is 2. The summed E-state index contributed by atoms with van der Waals surface area (Å²) in [6, 6.07) is 19.5. The van der Waals surface area contributed by atoms with Gasteiger partial charge in [-0.15, -0.1) is 0 Å². The van der Waals surface area contributed by atoms with E-state index in [-0.39, 0.29) is 0 Å². The molecule has 2 nitrogen and oxygen atoms in total. The van der Waals surface area contributed by atoms with Crippen LogP contribution in [0.2, 0.25) is 0 Å². The Morgan fingerprint density at radius 1 is 0.667 bits per heavy atom. The summed E-state index contributed by atoms with van der Waals surface area (Å²) in [5.41, 5.74) is 0. The maximum Gasteiger partial charge on any atom is 0.127 e. The van der Waals surface area contributed by atoms with E-state index in [0.717, 1.165) is 11.5 Å². The van der Waals surface area contributed by atoms with E-state index in [1.165, 1.54) is 0 Å². The zero-order chi connectivity index (χ0) is 10.9. The summed E-state index contributed by atoms with van der Waals surface area (Å²) < 4.78 is 5.58. The first-order valence-corrected chi connectivity index (χ1v) is 4.52. The maximum absolute atomic E-state index is 8.00. The highest BCUT2D eigenvalue weighted by Gasteiger charge is 1.92. The second kappa shape index (κ2) is 6.38. The van der Waals surface area contributed by atoms with Crippen molar-refractivity contribution in [2.75, 3.05) is 0 Å². The molecule has 2 heteroatoms. The molecule has 0 aliphatic carbocycles. The molecule has 2 rings (SSSR count). The van der Waals surface area contributed by atoms with Crippen LogP contribution in [0.1, 0.15) is 0 Å². The molecule has 0 spiro atoms. The quantitative estimate of drug-likeness (QED) is 0.743. The van der Waals surface area contributed by atoms with Crippen molar-refractivity contribution in [2.24, 2.45) is 0 Å². The van der Waals surface area contributed by atoms with Crippen molar-refractivity contribution in [1.82, 2.24) is 0 Å². The molecule has 0 aromatic heterocycles. The normalized spacial score (nSPS) is 8.53. The number of ether oxygens (including phenoxy) is 1. The number of para-hydroxylation sites is 2.